The fraction of sp³-hybridized carbons (Fsp3) is 1.00. The number of rotatable bonds is 6. The van der Waals surface area contributed by atoms with Crippen LogP contribution in [0.1, 0.15) is 91.9 Å². The summed E-state index contributed by atoms with van der Waals surface area (Å²) >= 11 is 0. The molecular weight excluding hydrogens is 676 g/mol. The molecule has 1 unspecified atom stereocenters. The Morgan fingerprint density at radius 3 is 2.06 bits per heavy atom. The highest BCUT2D eigenvalue weighted by atomic mass is 16.8. The van der Waals surface area contributed by atoms with Crippen molar-refractivity contribution in [2.24, 2.45) is 46.3 Å². The molecule has 0 aromatic heterocycles. The summed E-state index contributed by atoms with van der Waals surface area (Å²) < 4.78 is 37.3. The lowest BCUT2D eigenvalue weighted by Gasteiger charge is -2.61. The largest absolute Gasteiger partial charge is 0.394 e. The average Bonchev–Trinajstić information content (AvgIpc) is 3.58. The van der Waals surface area contributed by atoms with Crippen molar-refractivity contribution < 1.29 is 64.2 Å². The van der Waals surface area contributed by atoms with E-state index >= 15 is 0 Å². The highest BCUT2D eigenvalue weighted by Gasteiger charge is 2.69. The van der Waals surface area contributed by atoms with Gasteiger partial charge >= 0.3 is 0 Å². The van der Waals surface area contributed by atoms with Crippen molar-refractivity contribution in [2.75, 3.05) is 19.8 Å². The third-order valence-electron chi connectivity index (χ3n) is 16.3. The van der Waals surface area contributed by atoms with E-state index in [2.05, 4.69) is 27.7 Å². The van der Waals surface area contributed by atoms with Gasteiger partial charge < -0.3 is 64.2 Å². The smallest absolute Gasteiger partial charge is 0.187 e. The molecule has 0 radical (unpaired) electrons. The molecule has 0 bridgehead atoms. The van der Waals surface area contributed by atoms with Gasteiger partial charge in [0.2, 0.25) is 0 Å². The predicted molar refractivity (Wildman–Crippen MR) is 183 cm³/mol. The molecule has 22 atom stereocenters. The number of aliphatic hydroxyl groups excluding tert-OH is 7. The van der Waals surface area contributed by atoms with Crippen molar-refractivity contribution in [1.82, 2.24) is 0 Å². The fourth-order valence-corrected chi connectivity index (χ4v) is 13.3. The first-order valence-electron chi connectivity index (χ1n) is 20.3. The third-order valence-corrected chi connectivity index (χ3v) is 16.3. The van der Waals surface area contributed by atoms with Crippen molar-refractivity contribution in [3.8, 4) is 0 Å². The van der Waals surface area contributed by atoms with Crippen LogP contribution >= 0.6 is 0 Å². The molecule has 13 heteroatoms. The Hall–Kier alpha value is -0.520. The van der Waals surface area contributed by atoms with Gasteiger partial charge in [0.1, 0.15) is 48.8 Å². The quantitative estimate of drug-likeness (QED) is 0.192. The van der Waals surface area contributed by atoms with Gasteiger partial charge in [-0.2, -0.15) is 0 Å². The van der Waals surface area contributed by atoms with Crippen molar-refractivity contribution in [3.63, 3.8) is 0 Å². The summed E-state index contributed by atoms with van der Waals surface area (Å²) in [5.41, 5.74) is 0.330. The van der Waals surface area contributed by atoms with Crippen LogP contribution in [0.5, 0.6) is 0 Å². The molecule has 8 fully saturated rings. The van der Waals surface area contributed by atoms with Crippen LogP contribution in [0.3, 0.4) is 0 Å². The first-order valence-corrected chi connectivity index (χ1v) is 20.3. The summed E-state index contributed by atoms with van der Waals surface area (Å²) in [5.74, 6) is 3.49. The van der Waals surface area contributed by atoms with E-state index in [1.807, 2.05) is 0 Å². The Labute approximate surface area is 307 Å². The Bertz CT molecular complexity index is 1260. The molecule has 0 aromatic carbocycles. The summed E-state index contributed by atoms with van der Waals surface area (Å²) in [6.45, 7) is 9.23. The standard InChI is InChI=1S/C39H64O13/c1-18-7-12-39(17-47-18)19(2)28-25(52-39)14-24-22-6-5-20-13-21(8-10-37(20,3)23(22)9-11-38(24,28)4)48-36-34(32(45)30(43)27(16-41)50-36)51-35-33(46)31(44)29(42)26(15-40)49-35/h18-36,40-46H,5-17H2,1-4H3/t18?,19-,20+,21-,22+,23-,24-,25-,26+,27+,28-,29+,30-,31-,32-,33+,34+,35-,36+,37-,38-,39-/m0/s1. The van der Waals surface area contributed by atoms with Gasteiger partial charge in [-0.3, -0.25) is 0 Å². The van der Waals surface area contributed by atoms with Crippen molar-refractivity contribution >= 4 is 0 Å². The van der Waals surface area contributed by atoms with E-state index in [0.717, 1.165) is 51.6 Å². The lowest BCUT2D eigenvalue weighted by Crippen LogP contribution is -2.65. The summed E-state index contributed by atoms with van der Waals surface area (Å²) in [6, 6.07) is 0. The second-order valence-corrected chi connectivity index (χ2v) is 18.7. The molecule has 4 heterocycles. The van der Waals surface area contributed by atoms with E-state index in [1.54, 1.807) is 0 Å². The summed E-state index contributed by atoms with van der Waals surface area (Å²) in [5, 5.41) is 72.7. The predicted octanol–water partition coefficient (Wildman–Crippen LogP) is 1.24. The minimum Gasteiger partial charge on any atom is -0.394 e. The molecule has 4 saturated heterocycles. The van der Waals surface area contributed by atoms with Crippen molar-refractivity contribution in [2.45, 2.75) is 177 Å². The van der Waals surface area contributed by atoms with Crippen LogP contribution in [-0.4, -0.2) is 141 Å². The van der Waals surface area contributed by atoms with Gasteiger partial charge in [0.25, 0.3) is 0 Å². The molecule has 7 N–H and O–H groups in total. The SMILES string of the molecule is CC1CC[C@@]2(CO1)O[C@H]1C[C@H]3[C@@H]4CC[C@@H]5C[C@@H](O[C@@H]6O[C@H](CO)[C@H](O)[C@H](O)[C@H]6O[C@@H]6O[C@H](CO)[C@@H](O)[C@H](O)[C@H]6O)CC[C@]5(C)[C@H]4CC[C@]3(C)[C@H]1[C@@H]2C. The Balaban J connectivity index is 0.942. The average molecular weight is 741 g/mol. The van der Waals surface area contributed by atoms with E-state index < -0.39 is 74.6 Å². The highest BCUT2D eigenvalue weighted by molar-refractivity contribution is 5.17. The fourth-order valence-electron chi connectivity index (χ4n) is 13.3. The Morgan fingerprint density at radius 1 is 0.673 bits per heavy atom. The maximum Gasteiger partial charge on any atom is 0.187 e. The number of aliphatic hydroxyl groups is 7. The first-order chi connectivity index (χ1) is 24.7. The number of hydrogen-bond acceptors (Lipinski definition) is 13. The van der Waals surface area contributed by atoms with E-state index in [-0.39, 0.29) is 22.5 Å². The molecule has 13 nitrogen and oxygen atoms in total. The van der Waals surface area contributed by atoms with Gasteiger partial charge in [-0.1, -0.05) is 20.8 Å². The van der Waals surface area contributed by atoms with E-state index in [9.17, 15) is 35.7 Å². The second kappa shape index (κ2) is 14.1. The van der Waals surface area contributed by atoms with Gasteiger partial charge in [0.15, 0.2) is 12.6 Å². The van der Waals surface area contributed by atoms with Crippen LogP contribution in [0.4, 0.5) is 0 Å². The summed E-state index contributed by atoms with van der Waals surface area (Å²) in [6.07, 6.45) is -3.44. The maximum atomic E-state index is 11.1. The van der Waals surface area contributed by atoms with Crippen LogP contribution in [0.25, 0.3) is 0 Å². The normalized spacial score (nSPS) is 59.0. The first kappa shape index (κ1) is 38.4. The molecular formula is C39H64O13. The number of fused-ring (bicyclic) bond motifs is 7. The van der Waals surface area contributed by atoms with E-state index in [4.69, 9.17) is 28.4 Å². The molecule has 4 aliphatic heterocycles. The summed E-state index contributed by atoms with van der Waals surface area (Å²) in [4.78, 5) is 0. The van der Waals surface area contributed by atoms with Crippen molar-refractivity contribution in [1.29, 1.82) is 0 Å². The minimum atomic E-state index is -1.71. The van der Waals surface area contributed by atoms with Gasteiger partial charge in [-0.05, 0) is 117 Å². The topological polar surface area (TPSA) is 197 Å². The van der Waals surface area contributed by atoms with Crippen LogP contribution in [-0.2, 0) is 28.4 Å². The molecule has 4 saturated carbocycles. The van der Waals surface area contributed by atoms with Crippen LogP contribution < -0.4 is 0 Å². The molecule has 4 aliphatic carbocycles. The zero-order valence-electron chi connectivity index (χ0n) is 31.2. The van der Waals surface area contributed by atoms with Gasteiger partial charge in [0, 0.05) is 0 Å². The maximum absolute atomic E-state index is 11.1. The van der Waals surface area contributed by atoms with E-state index in [1.165, 1.54) is 19.3 Å². The van der Waals surface area contributed by atoms with E-state index in [0.29, 0.717) is 47.7 Å². The zero-order valence-corrected chi connectivity index (χ0v) is 31.2. The Kier molecular flexibility index (Phi) is 10.4. The second-order valence-electron chi connectivity index (χ2n) is 18.7. The molecule has 0 amide bonds. The monoisotopic (exact) mass is 740 g/mol. The molecule has 52 heavy (non-hydrogen) atoms. The lowest BCUT2D eigenvalue weighted by molar-refractivity contribution is -0.373. The zero-order chi connectivity index (χ0) is 36.9. The number of ether oxygens (including phenoxy) is 6. The molecule has 0 aromatic rings. The van der Waals surface area contributed by atoms with Gasteiger partial charge in [-0.25, -0.2) is 0 Å². The van der Waals surface area contributed by atoms with Crippen molar-refractivity contribution in [3.05, 3.63) is 0 Å². The molecule has 8 rings (SSSR count). The minimum absolute atomic E-state index is 0.124. The molecule has 298 valence electrons. The van der Waals surface area contributed by atoms with Gasteiger partial charge in [-0.15, -0.1) is 0 Å². The van der Waals surface area contributed by atoms with Crippen LogP contribution in [0.2, 0.25) is 0 Å². The van der Waals surface area contributed by atoms with Crippen LogP contribution in [0.15, 0.2) is 0 Å². The molecule has 8 aliphatic rings. The van der Waals surface area contributed by atoms with Crippen LogP contribution in [0, 0.1) is 46.3 Å². The third kappa shape index (κ3) is 5.98. The Morgan fingerprint density at radius 2 is 1.37 bits per heavy atom. The lowest BCUT2D eigenvalue weighted by atomic mass is 9.44. The number of hydrogen-bond donors (Lipinski definition) is 7. The highest BCUT2D eigenvalue weighted by Crippen LogP contribution is 2.71. The summed E-state index contributed by atoms with van der Waals surface area (Å²) in [7, 11) is 0. The van der Waals surface area contributed by atoms with Gasteiger partial charge in [0.05, 0.1) is 43.7 Å². The molecule has 1 spiro atoms.